The predicted molar refractivity (Wildman–Crippen MR) is 101 cm³/mol. The van der Waals surface area contributed by atoms with Crippen LogP contribution < -0.4 is 5.32 Å². The minimum Gasteiger partial charge on any atom is -0.455 e. The van der Waals surface area contributed by atoms with Gasteiger partial charge in [0.05, 0.1) is 0 Å². The van der Waals surface area contributed by atoms with Gasteiger partial charge in [-0.25, -0.2) is 8.42 Å². The number of rotatable bonds is 7. The third-order valence-corrected chi connectivity index (χ3v) is 5.68. The summed E-state index contributed by atoms with van der Waals surface area (Å²) in [5.41, 5.74) is 1.20. The number of hydrogen-bond donors (Lipinski definition) is 1. The van der Waals surface area contributed by atoms with Crippen LogP contribution in [0.2, 0.25) is 0 Å². The van der Waals surface area contributed by atoms with Crippen LogP contribution in [0.3, 0.4) is 0 Å². The Morgan fingerprint density at radius 3 is 2.50 bits per heavy atom. The summed E-state index contributed by atoms with van der Waals surface area (Å²) in [7, 11) is -3.19. The molecule has 140 valence electrons. The zero-order valence-electron chi connectivity index (χ0n) is 15.0. The van der Waals surface area contributed by atoms with E-state index in [-0.39, 0.29) is 29.2 Å². The van der Waals surface area contributed by atoms with Crippen molar-refractivity contribution in [3.05, 3.63) is 59.5 Å². The molecule has 1 aliphatic rings. The Morgan fingerprint density at radius 1 is 1.15 bits per heavy atom. The largest absolute Gasteiger partial charge is 0.455 e. The summed E-state index contributed by atoms with van der Waals surface area (Å²) in [5, 5.41) is 3.12. The van der Waals surface area contributed by atoms with Crippen molar-refractivity contribution in [3.63, 3.8) is 0 Å². The van der Waals surface area contributed by atoms with E-state index in [2.05, 4.69) is 17.4 Å². The van der Waals surface area contributed by atoms with Gasteiger partial charge in [-0.05, 0) is 42.9 Å². The summed E-state index contributed by atoms with van der Waals surface area (Å²) >= 11 is 0. The van der Waals surface area contributed by atoms with E-state index < -0.39 is 9.84 Å². The summed E-state index contributed by atoms with van der Waals surface area (Å²) in [6, 6.07) is 13.3. The molecule has 0 bridgehead atoms. The van der Waals surface area contributed by atoms with E-state index in [0.717, 1.165) is 25.5 Å². The van der Waals surface area contributed by atoms with Crippen LogP contribution in [0.4, 0.5) is 0 Å². The Morgan fingerprint density at radius 2 is 1.85 bits per heavy atom. The van der Waals surface area contributed by atoms with Gasteiger partial charge in [0.15, 0.2) is 15.6 Å². The molecule has 0 aliphatic heterocycles. The zero-order valence-corrected chi connectivity index (χ0v) is 15.8. The molecular weight excluding hydrogens is 350 g/mol. The van der Waals surface area contributed by atoms with E-state index in [1.165, 1.54) is 18.4 Å². The Kier molecular flexibility index (Phi) is 5.81. The van der Waals surface area contributed by atoms with Crippen LogP contribution in [-0.4, -0.2) is 26.6 Å². The first kappa shape index (κ1) is 18.7. The molecule has 0 spiro atoms. The second-order valence-corrected chi connectivity index (χ2v) is 9.29. The maximum absolute atomic E-state index is 12.6. The molecule has 1 saturated carbocycles. The number of carbonyl (C=O) groups excluding carboxylic acids is 1. The highest BCUT2D eigenvalue weighted by Gasteiger charge is 2.27. The smallest absolute Gasteiger partial charge is 0.287 e. The lowest BCUT2D eigenvalue weighted by Gasteiger charge is -2.24. The lowest BCUT2D eigenvalue weighted by Crippen LogP contribution is -2.41. The fourth-order valence-electron chi connectivity index (χ4n) is 3.64. The fraction of sp³-hybridized carbons (Fsp3) is 0.450. The molecule has 3 rings (SSSR count). The molecule has 1 aliphatic carbocycles. The Labute approximate surface area is 154 Å². The van der Waals surface area contributed by atoms with Gasteiger partial charge in [0.25, 0.3) is 5.91 Å². The molecule has 1 aromatic heterocycles. The van der Waals surface area contributed by atoms with Gasteiger partial charge in [0.1, 0.15) is 11.5 Å². The highest BCUT2D eigenvalue weighted by molar-refractivity contribution is 7.89. The number of nitrogens with one attached hydrogen (secondary N) is 1. The number of furan rings is 1. The molecule has 2 aromatic rings. The van der Waals surface area contributed by atoms with E-state index in [1.807, 2.05) is 18.2 Å². The topological polar surface area (TPSA) is 76.4 Å². The van der Waals surface area contributed by atoms with Gasteiger partial charge in [-0.1, -0.05) is 43.2 Å². The maximum Gasteiger partial charge on any atom is 0.287 e. The first-order valence-corrected chi connectivity index (χ1v) is 11.1. The Balaban J connectivity index is 1.70. The van der Waals surface area contributed by atoms with Gasteiger partial charge in [-0.3, -0.25) is 4.79 Å². The van der Waals surface area contributed by atoms with E-state index in [0.29, 0.717) is 5.92 Å². The summed E-state index contributed by atoms with van der Waals surface area (Å²) < 4.78 is 28.2. The second-order valence-electron chi connectivity index (χ2n) is 7.15. The van der Waals surface area contributed by atoms with Crippen LogP contribution in [0.1, 0.15) is 47.6 Å². The molecule has 1 N–H and O–H groups in total. The average Bonchev–Trinajstić information content (AvgIpc) is 3.25. The number of hydrogen-bond acceptors (Lipinski definition) is 4. The quantitative estimate of drug-likeness (QED) is 0.805. The predicted octanol–water partition coefficient (Wildman–Crippen LogP) is 3.36. The highest BCUT2D eigenvalue weighted by Crippen LogP contribution is 2.29. The lowest BCUT2D eigenvalue weighted by atomic mass is 9.92. The van der Waals surface area contributed by atoms with E-state index >= 15 is 0 Å². The minimum atomic E-state index is -3.19. The minimum absolute atomic E-state index is 0.0517. The summed E-state index contributed by atoms with van der Waals surface area (Å²) in [6.07, 6.45) is 6.57. The zero-order chi connectivity index (χ0) is 18.6. The number of amides is 1. The van der Waals surface area contributed by atoms with Gasteiger partial charge in [-0.2, -0.15) is 0 Å². The van der Waals surface area contributed by atoms with E-state index in [4.69, 9.17) is 4.42 Å². The first-order valence-electron chi connectivity index (χ1n) is 9.02. The van der Waals surface area contributed by atoms with Gasteiger partial charge >= 0.3 is 0 Å². The number of carbonyl (C=O) groups is 1. The SMILES string of the molecule is CS(=O)(=O)Cc1ccc(C(=O)NC(Cc2ccccc2)C2CCCC2)o1. The molecule has 6 heteroatoms. The molecule has 5 nitrogen and oxygen atoms in total. The molecule has 1 fully saturated rings. The molecule has 26 heavy (non-hydrogen) atoms. The van der Waals surface area contributed by atoms with Crippen LogP contribution in [0.5, 0.6) is 0 Å². The Hall–Kier alpha value is -2.08. The van der Waals surface area contributed by atoms with Gasteiger partial charge < -0.3 is 9.73 Å². The molecule has 0 saturated heterocycles. The van der Waals surface area contributed by atoms with Crippen molar-refractivity contribution in [1.82, 2.24) is 5.32 Å². The van der Waals surface area contributed by atoms with Crippen molar-refractivity contribution in [2.45, 2.75) is 43.9 Å². The highest BCUT2D eigenvalue weighted by atomic mass is 32.2. The van der Waals surface area contributed by atoms with Crippen LogP contribution >= 0.6 is 0 Å². The van der Waals surface area contributed by atoms with Crippen LogP contribution in [0.15, 0.2) is 46.9 Å². The van der Waals surface area contributed by atoms with Gasteiger partial charge in [0, 0.05) is 12.3 Å². The maximum atomic E-state index is 12.6. The van der Waals surface area contributed by atoms with Crippen LogP contribution in [0, 0.1) is 5.92 Å². The van der Waals surface area contributed by atoms with Crippen molar-refractivity contribution >= 4 is 15.7 Å². The molecule has 1 unspecified atom stereocenters. The number of benzene rings is 1. The van der Waals surface area contributed by atoms with E-state index in [9.17, 15) is 13.2 Å². The monoisotopic (exact) mass is 375 g/mol. The Bertz CT molecular complexity index is 836. The van der Waals surface area contributed by atoms with Crippen LogP contribution in [0.25, 0.3) is 0 Å². The van der Waals surface area contributed by atoms with Gasteiger partial charge in [0.2, 0.25) is 0 Å². The second kappa shape index (κ2) is 8.08. The molecule has 1 amide bonds. The average molecular weight is 375 g/mol. The molecule has 1 heterocycles. The van der Waals surface area contributed by atoms with Crippen molar-refractivity contribution in [3.8, 4) is 0 Å². The third kappa shape index (κ3) is 5.21. The summed E-state index contributed by atoms with van der Waals surface area (Å²) in [5.74, 6) is 0.441. The van der Waals surface area contributed by atoms with Crippen LogP contribution in [-0.2, 0) is 22.0 Å². The molecule has 1 aromatic carbocycles. The molecular formula is C20H25NO4S. The summed E-state index contributed by atoms with van der Waals surface area (Å²) in [6.45, 7) is 0. The standard InChI is InChI=1S/C20H25NO4S/c1-26(23,24)14-17-11-12-19(25-17)20(22)21-18(16-9-5-6-10-16)13-15-7-3-2-4-8-15/h2-4,7-8,11-12,16,18H,5-6,9-10,13-14H2,1H3,(H,21,22). The van der Waals surface area contributed by atoms with Crippen molar-refractivity contribution in [2.75, 3.05) is 6.26 Å². The first-order chi connectivity index (χ1) is 12.4. The molecule has 1 atom stereocenters. The summed E-state index contributed by atoms with van der Waals surface area (Å²) in [4.78, 5) is 12.6. The fourth-order valence-corrected chi connectivity index (χ4v) is 4.31. The molecule has 0 radical (unpaired) electrons. The van der Waals surface area contributed by atoms with Crippen molar-refractivity contribution < 1.29 is 17.6 Å². The van der Waals surface area contributed by atoms with Crippen molar-refractivity contribution in [1.29, 1.82) is 0 Å². The normalized spacial score (nSPS) is 16.5. The third-order valence-electron chi connectivity index (χ3n) is 4.87. The van der Waals surface area contributed by atoms with Crippen molar-refractivity contribution in [2.24, 2.45) is 5.92 Å². The van der Waals surface area contributed by atoms with E-state index in [1.54, 1.807) is 12.1 Å². The van der Waals surface area contributed by atoms with Gasteiger partial charge in [-0.15, -0.1) is 0 Å². The lowest BCUT2D eigenvalue weighted by molar-refractivity contribution is 0.0892. The number of sulfone groups is 1.